The summed E-state index contributed by atoms with van der Waals surface area (Å²) in [5.41, 5.74) is 7.12. The van der Waals surface area contributed by atoms with Crippen LogP contribution in [-0.2, 0) is 15.8 Å². The fourth-order valence-electron chi connectivity index (χ4n) is 9.14. The Kier molecular flexibility index (Phi) is 14.8. The average Bonchev–Trinajstić information content (AvgIpc) is 3.31. The Hall–Kier alpha value is -5.35. The molecule has 3 aliphatic rings. The number of carbonyl (C=O) groups excluding carboxylic acids is 2. The van der Waals surface area contributed by atoms with Gasteiger partial charge in [-0.2, -0.15) is 4.98 Å². The van der Waals surface area contributed by atoms with Gasteiger partial charge in [0.2, 0.25) is 11.9 Å². The number of ether oxygens (including phenoxy) is 1. The molecule has 0 unspecified atom stereocenters. The third kappa shape index (κ3) is 11.2. The Morgan fingerprint density at radius 2 is 1.58 bits per heavy atom. The zero-order chi connectivity index (χ0) is 45.5. The summed E-state index contributed by atoms with van der Waals surface area (Å²) in [5.74, 6) is 2.11. The molecule has 3 saturated heterocycles. The van der Waals surface area contributed by atoms with Gasteiger partial charge in [0.15, 0.2) is 0 Å². The third-order valence-electron chi connectivity index (χ3n) is 12.7. The highest BCUT2D eigenvalue weighted by Crippen LogP contribution is 2.42. The summed E-state index contributed by atoms with van der Waals surface area (Å²) >= 11 is 3.60. The molecule has 3 aliphatic heterocycles. The van der Waals surface area contributed by atoms with Gasteiger partial charge in [-0.05, 0) is 128 Å². The van der Waals surface area contributed by atoms with Crippen LogP contribution in [0.3, 0.4) is 0 Å². The van der Waals surface area contributed by atoms with Gasteiger partial charge in [0.25, 0.3) is 0 Å². The molecule has 3 fully saturated rings. The van der Waals surface area contributed by atoms with Crippen molar-refractivity contribution in [3.05, 3.63) is 77.2 Å². The van der Waals surface area contributed by atoms with Crippen molar-refractivity contribution in [1.29, 1.82) is 0 Å². The Morgan fingerprint density at radius 1 is 0.846 bits per heavy atom. The van der Waals surface area contributed by atoms with Crippen molar-refractivity contribution in [2.24, 2.45) is 5.92 Å². The van der Waals surface area contributed by atoms with Gasteiger partial charge in [0.05, 0.1) is 33.8 Å². The number of rotatable bonds is 17. The minimum Gasteiger partial charge on any atom is -0.494 e. The van der Waals surface area contributed by atoms with Crippen molar-refractivity contribution in [2.75, 3.05) is 98.1 Å². The molecule has 5 heterocycles. The van der Waals surface area contributed by atoms with Crippen molar-refractivity contribution >= 4 is 91.6 Å². The number of aryl methyl sites for hydroxylation is 1. The number of hydrogen-bond donors (Lipinski definition) is 5. The summed E-state index contributed by atoms with van der Waals surface area (Å²) in [6.45, 7) is 13.0. The second kappa shape index (κ2) is 20.9. The predicted molar refractivity (Wildman–Crippen MR) is 265 cm³/mol. The van der Waals surface area contributed by atoms with Crippen LogP contribution in [0.15, 0.2) is 71.6 Å². The number of halogens is 1. The predicted octanol–water partition coefficient (Wildman–Crippen LogP) is 7.39. The molecule has 3 amide bonds. The Morgan fingerprint density at radius 3 is 2.31 bits per heavy atom. The second-order valence-corrected chi connectivity index (χ2v) is 21.4. The first-order chi connectivity index (χ1) is 31.5. The van der Waals surface area contributed by atoms with Crippen molar-refractivity contribution < 1.29 is 18.9 Å². The molecule has 5 N–H and O–H groups in total. The van der Waals surface area contributed by atoms with E-state index in [-0.39, 0.29) is 11.9 Å². The summed E-state index contributed by atoms with van der Waals surface area (Å²) in [5, 5.41) is 17.3. The summed E-state index contributed by atoms with van der Waals surface area (Å²) in [6, 6.07) is 16.3. The van der Waals surface area contributed by atoms with E-state index >= 15 is 0 Å². The van der Waals surface area contributed by atoms with Crippen LogP contribution < -0.4 is 51.3 Å². The van der Waals surface area contributed by atoms with Crippen LogP contribution in [0.4, 0.5) is 45.0 Å². The van der Waals surface area contributed by atoms with Crippen LogP contribution in [0.25, 0.3) is 11.0 Å². The molecule has 8 rings (SSSR count). The Balaban J connectivity index is 0.776. The number of imide groups is 1. The maximum Gasteiger partial charge on any atom is 0.328 e. The van der Waals surface area contributed by atoms with Gasteiger partial charge >= 0.3 is 6.03 Å². The molecule has 0 saturated carbocycles. The van der Waals surface area contributed by atoms with Crippen molar-refractivity contribution in [2.45, 2.75) is 57.9 Å². The molecule has 2 aromatic heterocycles. The van der Waals surface area contributed by atoms with Gasteiger partial charge in [-0.3, -0.25) is 25.0 Å². The molecular formula is C47H60BrN12O4P. The zero-order valence-corrected chi connectivity index (χ0v) is 40.2. The Bertz CT molecular complexity index is 2530. The van der Waals surface area contributed by atoms with E-state index in [1.165, 1.54) is 36.2 Å². The van der Waals surface area contributed by atoms with Gasteiger partial charge < -0.3 is 40.4 Å². The number of anilines is 7. The van der Waals surface area contributed by atoms with Gasteiger partial charge in [0, 0.05) is 100.0 Å². The molecule has 18 heteroatoms. The van der Waals surface area contributed by atoms with E-state index in [2.05, 4.69) is 98.5 Å². The first-order valence-corrected chi connectivity index (χ1v) is 26.1. The van der Waals surface area contributed by atoms with E-state index in [4.69, 9.17) is 9.72 Å². The molecule has 0 spiro atoms. The summed E-state index contributed by atoms with van der Waals surface area (Å²) in [4.78, 5) is 48.6. The zero-order valence-electron chi connectivity index (χ0n) is 37.7. The maximum absolute atomic E-state index is 13.5. The van der Waals surface area contributed by atoms with Gasteiger partial charge in [-0.15, -0.1) is 0 Å². The van der Waals surface area contributed by atoms with Crippen LogP contribution in [0.5, 0.6) is 5.75 Å². The number of amides is 3. The molecule has 0 atom stereocenters. The monoisotopic (exact) mass is 966 g/mol. The third-order valence-corrected chi connectivity index (χ3v) is 14.8. The molecule has 0 aliphatic carbocycles. The molecule has 0 radical (unpaired) electrons. The standard InChI is InChI=1S/C47H60BrN12O4P/c1-5-32-28-39(55-46-53-30-36(48)45(57-46)54-38-11-10-37-43(52-22-21-51-37)44(38)65(3,4)63)41(64-2)29-40(32)59-25-15-33(16-26-59)50-20-19-49-18-12-31-13-23-58(24-14-31)34-6-8-35(9-7-34)60-27-17-42(61)56-47(60)62/h6-11,21-22,28-31,33,49-50H,5,12-20,23-27H2,1-4H3,(H,56,61,62)(H2,53,54,55,57). The number of aromatic nitrogens is 4. The lowest BCUT2D eigenvalue weighted by atomic mass is 9.93. The molecule has 5 aromatic rings. The number of carbonyl (C=O) groups is 2. The van der Waals surface area contributed by atoms with Crippen LogP contribution >= 0.6 is 23.1 Å². The summed E-state index contributed by atoms with van der Waals surface area (Å²) in [6.07, 6.45) is 11.8. The molecular weight excluding hydrogens is 907 g/mol. The Labute approximate surface area is 389 Å². The van der Waals surface area contributed by atoms with Gasteiger partial charge in [-0.1, -0.05) is 6.92 Å². The number of piperidine rings is 2. The lowest BCUT2D eigenvalue weighted by Gasteiger charge is -2.35. The number of urea groups is 1. The first kappa shape index (κ1) is 46.2. The highest BCUT2D eigenvalue weighted by atomic mass is 79.9. The lowest BCUT2D eigenvalue weighted by Crippen LogP contribution is -2.49. The van der Waals surface area contributed by atoms with Crippen molar-refractivity contribution in [3.8, 4) is 5.75 Å². The van der Waals surface area contributed by atoms with Gasteiger partial charge in [0.1, 0.15) is 24.2 Å². The van der Waals surface area contributed by atoms with E-state index in [1.807, 2.05) is 24.3 Å². The number of hydrogen-bond acceptors (Lipinski definition) is 14. The topological polar surface area (TPSA) is 182 Å². The molecule has 344 valence electrons. The SMILES string of the molecule is CCc1cc(Nc2ncc(Br)c(Nc3ccc4nccnc4c3P(C)(C)=O)n2)c(OC)cc1N1CCC(NCCNCCC2CCN(c3ccc(N4CCC(=O)NC4=O)cc3)CC2)CC1. The number of benzene rings is 3. The van der Waals surface area contributed by atoms with E-state index in [0.29, 0.717) is 63.0 Å². The van der Waals surface area contributed by atoms with E-state index in [0.717, 1.165) is 82.4 Å². The van der Waals surface area contributed by atoms with Crippen molar-refractivity contribution in [1.82, 2.24) is 35.9 Å². The number of fused-ring (bicyclic) bond motifs is 1. The van der Waals surface area contributed by atoms with Crippen molar-refractivity contribution in [3.63, 3.8) is 0 Å². The molecule has 3 aromatic carbocycles. The van der Waals surface area contributed by atoms with E-state index < -0.39 is 7.14 Å². The van der Waals surface area contributed by atoms with Crippen LogP contribution in [0.2, 0.25) is 0 Å². The van der Waals surface area contributed by atoms with Crippen LogP contribution in [0.1, 0.15) is 51.0 Å². The van der Waals surface area contributed by atoms with E-state index in [9.17, 15) is 14.2 Å². The smallest absolute Gasteiger partial charge is 0.328 e. The highest BCUT2D eigenvalue weighted by Gasteiger charge is 2.27. The summed E-state index contributed by atoms with van der Waals surface area (Å²) in [7, 11) is -1.08. The quantitative estimate of drug-likeness (QED) is 0.0460. The average molecular weight is 968 g/mol. The fraction of sp³-hybridized carbons (Fsp3) is 0.447. The fourth-order valence-corrected chi connectivity index (χ4v) is 10.8. The second-order valence-electron chi connectivity index (χ2n) is 17.4. The van der Waals surface area contributed by atoms with Gasteiger partial charge in [-0.25, -0.2) is 9.78 Å². The first-order valence-electron chi connectivity index (χ1n) is 22.7. The minimum atomic E-state index is -2.76. The highest BCUT2D eigenvalue weighted by molar-refractivity contribution is 9.10. The van der Waals surface area contributed by atoms with Crippen LogP contribution in [0, 0.1) is 5.92 Å². The van der Waals surface area contributed by atoms with E-state index in [1.54, 1.807) is 43.9 Å². The summed E-state index contributed by atoms with van der Waals surface area (Å²) < 4.78 is 20.1. The number of methoxy groups -OCH3 is 1. The maximum atomic E-state index is 13.5. The normalized spacial score (nSPS) is 16.5. The molecule has 0 bridgehead atoms. The van der Waals surface area contributed by atoms with Crippen LogP contribution in [-0.4, -0.2) is 111 Å². The number of nitrogens with zero attached hydrogens (tertiary/aromatic N) is 7. The molecule has 16 nitrogen and oxygen atoms in total. The number of nitrogens with one attached hydrogen (secondary N) is 5. The molecule has 65 heavy (non-hydrogen) atoms. The lowest BCUT2D eigenvalue weighted by molar-refractivity contribution is -0.120. The minimum absolute atomic E-state index is 0.217. The largest absolute Gasteiger partial charge is 0.494 e.